The Morgan fingerprint density at radius 3 is 2.73 bits per heavy atom. The van der Waals surface area contributed by atoms with Gasteiger partial charge in [-0.2, -0.15) is 0 Å². The molecule has 1 aromatic carbocycles. The minimum atomic E-state index is -1.10. The van der Waals surface area contributed by atoms with E-state index in [1.807, 2.05) is 37.3 Å². The average Bonchev–Trinajstić information content (AvgIpc) is 2.91. The maximum atomic E-state index is 11.2. The molecule has 1 N–H and O–H groups in total. The van der Waals surface area contributed by atoms with Crippen LogP contribution in [0.2, 0.25) is 0 Å². The van der Waals surface area contributed by atoms with Crippen LogP contribution in [-0.4, -0.2) is 62.1 Å². The van der Waals surface area contributed by atoms with Crippen LogP contribution in [0.25, 0.3) is 16.9 Å². The molecule has 0 saturated carbocycles. The minimum absolute atomic E-state index is 0. The van der Waals surface area contributed by atoms with Gasteiger partial charge in [0.05, 0.1) is 12.8 Å². The summed E-state index contributed by atoms with van der Waals surface area (Å²) in [5, 5.41) is 9.18. The molecular formula is C15H14N3NaO3. The van der Waals surface area contributed by atoms with Gasteiger partial charge in [-0.15, -0.1) is 0 Å². The predicted octanol–water partition coefficient (Wildman–Crippen LogP) is 1.76. The fourth-order valence-electron chi connectivity index (χ4n) is 2.27. The summed E-state index contributed by atoms with van der Waals surface area (Å²) >= 11 is 0. The first kappa shape index (κ1) is 16.5. The van der Waals surface area contributed by atoms with E-state index >= 15 is 0 Å². The van der Waals surface area contributed by atoms with Crippen molar-refractivity contribution in [2.75, 3.05) is 7.11 Å². The van der Waals surface area contributed by atoms with Gasteiger partial charge in [-0.3, -0.25) is 4.40 Å². The summed E-state index contributed by atoms with van der Waals surface area (Å²) < 4.78 is 6.99. The van der Waals surface area contributed by atoms with E-state index in [9.17, 15) is 9.90 Å². The zero-order valence-corrected chi connectivity index (χ0v) is 11.6. The first-order valence-electron chi connectivity index (χ1n) is 6.33. The molecule has 22 heavy (non-hydrogen) atoms. The Kier molecular flexibility index (Phi) is 4.85. The number of aryl methyl sites for hydroxylation is 1. The van der Waals surface area contributed by atoms with E-state index in [2.05, 4.69) is 9.97 Å². The number of hydrogen-bond acceptors (Lipinski definition) is 4. The van der Waals surface area contributed by atoms with Gasteiger partial charge in [0, 0.05) is 11.3 Å². The number of nitrogens with zero attached hydrogens (tertiary/aromatic N) is 3. The predicted molar refractivity (Wildman–Crippen MR) is 83.8 cm³/mol. The van der Waals surface area contributed by atoms with E-state index in [-0.39, 0.29) is 35.3 Å². The Labute approximate surface area is 149 Å². The van der Waals surface area contributed by atoms with E-state index in [4.69, 9.17) is 4.74 Å². The molecule has 0 aliphatic carbocycles. The van der Waals surface area contributed by atoms with Crippen molar-refractivity contribution in [3.63, 3.8) is 0 Å². The number of methoxy groups -OCH3 is 1. The van der Waals surface area contributed by atoms with Crippen molar-refractivity contribution in [1.82, 2.24) is 14.4 Å². The Bertz CT molecular complexity index is 845. The molecule has 0 radical (unpaired) electrons. The Balaban J connectivity index is 0.00000176. The number of aromatic nitrogens is 3. The Morgan fingerprint density at radius 1 is 1.32 bits per heavy atom. The number of aromatic carboxylic acids is 1. The van der Waals surface area contributed by atoms with Gasteiger partial charge in [0.1, 0.15) is 12.1 Å². The fourth-order valence-corrected chi connectivity index (χ4v) is 2.27. The van der Waals surface area contributed by atoms with Crippen LogP contribution in [0.4, 0.5) is 0 Å². The van der Waals surface area contributed by atoms with E-state index in [0.717, 1.165) is 11.3 Å². The van der Waals surface area contributed by atoms with Gasteiger partial charge < -0.3 is 9.84 Å². The zero-order chi connectivity index (χ0) is 15.0. The number of carboxylic acid groups (broad SMARTS) is 1. The molecule has 108 valence electrons. The van der Waals surface area contributed by atoms with E-state index in [1.165, 1.54) is 6.33 Å². The summed E-state index contributed by atoms with van der Waals surface area (Å²) in [5.41, 5.74) is 2.57. The van der Waals surface area contributed by atoms with Gasteiger partial charge in [-0.25, -0.2) is 14.8 Å². The van der Waals surface area contributed by atoms with Crippen molar-refractivity contribution < 1.29 is 14.6 Å². The van der Waals surface area contributed by atoms with Gasteiger partial charge in [0.25, 0.3) is 0 Å². The van der Waals surface area contributed by atoms with Crippen molar-refractivity contribution in [3.8, 4) is 17.0 Å². The first-order chi connectivity index (χ1) is 10.1. The maximum absolute atomic E-state index is 11.2. The number of rotatable bonds is 3. The van der Waals surface area contributed by atoms with Crippen LogP contribution in [0.1, 0.15) is 16.2 Å². The van der Waals surface area contributed by atoms with Crippen molar-refractivity contribution in [3.05, 3.63) is 48.0 Å². The van der Waals surface area contributed by atoms with Gasteiger partial charge in [-0.1, -0.05) is 12.1 Å². The number of carboxylic acids is 1. The molecule has 0 aliphatic rings. The van der Waals surface area contributed by atoms with Crippen LogP contribution in [0.15, 0.2) is 36.7 Å². The summed E-state index contributed by atoms with van der Waals surface area (Å²) in [7, 11) is 1.59. The number of benzene rings is 1. The summed E-state index contributed by atoms with van der Waals surface area (Å²) in [4.78, 5) is 19.6. The van der Waals surface area contributed by atoms with Crippen LogP contribution in [-0.2, 0) is 0 Å². The third-order valence-electron chi connectivity index (χ3n) is 3.28. The van der Waals surface area contributed by atoms with Crippen molar-refractivity contribution >= 4 is 41.2 Å². The summed E-state index contributed by atoms with van der Waals surface area (Å²) in [6, 6.07) is 9.35. The molecular weight excluding hydrogens is 293 g/mol. The summed E-state index contributed by atoms with van der Waals surface area (Å²) in [6.45, 7) is 1.88. The van der Waals surface area contributed by atoms with Gasteiger partial charge in [-0.05, 0) is 25.1 Å². The van der Waals surface area contributed by atoms with Crippen molar-refractivity contribution in [2.24, 2.45) is 0 Å². The molecule has 0 atom stereocenters. The van der Waals surface area contributed by atoms with Gasteiger partial charge >= 0.3 is 35.5 Å². The third kappa shape index (κ3) is 2.72. The number of fused-ring (bicyclic) bond motifs is 1. The van der Waals surface area contributed by atoms with Crippen LogP contribution >= 0.6 is 0 Å². The number of hydrogen-bond donors (Lipinski definition) is 1. The summed E-state index contributed by atoms with van der Waals surface area (Å²) in [6.07, 6.45) is 1.47. The number of imidazole rings is 1. The fraction of sp³-hybridized carbons (Fsp3) is 0.133. The van der Waals surface area contributed by atoms with Crippen LogP contribution in [0, 0.1) is 6.92 Å². The molecule has 0 spiro atoms. The second-order valence-electron chi connectivity index (χ2n) is 4.57. The molecule has 2 aromatic heterocycles. The number of ether oxygens (including phenoxy) is 1. The average molecular weight is 307 g/mol. The number of carbonyl (C=O) groups is 1. The van der Waals surface area contributed by atoms with Crippen LogP contribution in [0.5, 0.6) is 5.75 Å². The molecule has 0 aliphatic heterocycles. The molecule has 6 nitrogen and oxygen atoms in total. The SMILES string of the molecule is COc1ccccc1-c1cc(C)n2cnc(C(=O)O)c2n1.[NaH]. The topological polar surface area (TPSA) is 76.7 Å². The molecule has 0 unspecified atom stereocenters. The molecule has 0 bridgehead atoms. The Morgan fingerprint density at radius 2 is 2.05 bits per heavy atom. The van der Waals surface area contributed by atoms with Crippen LogP contribution < -0.4 is 4.74 Å². The molecule has 0 fully saturated rings. The van der Waals surface area contributed by atoms with Crippen molar-refractivity contribution in [1.29, 1.82) is 0 Å². The third-order valence-corrected chi connectivity index (χ3v) is 3.28. The standard InChI is InChI=1S/C15H13N3O3.Na.H/c1-9-7-11(10-5-3-4-6-12(10)21-2)17-14-13(15(19)20)16-8-18(9)14;;/h3-8H,1-2H3,(H,19,20);;. The quantitative estimate of drug-likeness (QED) is 0.746. The molecule has 3 rings (SSSR count). The monoisotopic (exact) mass is 307 g/mol. The molecule has 2 heterocycles. The number of para-hydroxylation sites is 1. The Hall–Kier alpha value is -1.89. The second-order valence-corrected chi connectivity index (χ2v) is 4.57. The van der Waals surface area contributed by atoms with E-state index in [0.29, 0.717) is 17.1 Å². The molecule has 7 heteroatoms. The molecule has 3 aromatic rings. The molecule has 0 amide bonds. The normalized spacial score (nSPS) is 10.3. The van der Waals surface area contributed by atoms with E-state index in [1.54, 1.807) is 11.5 Å². The second kappa shape index (κ2) is 6.48. The summed E-state index contributed by atoms with van der Waals surface area (Å²) in [5.74, 6) is -0.410. The van der Waals surface area contributed by atoms with Gasteiger partial charge in [0.15, 0.2) is 11.3 Å². The molecule has 0 saturated heterocycles. The first-order valence-corrected chi connectivity index (χ1v) is 6.33. The van der Waals surface area contributed by atoms with Gasteiger partial charge in [0.2, 0.25) is 0 Å². The van der Waals surface area contributed by atoms with Crippen LogP contribution in [0.3, 0.4) is 0 Å². The van der Waals surface area contributed by atoms with E-state index < -0.39 is 5.97 Å². The zero-order valence-electron chi connectivity index (χ0n) is 11.6. The van der Waals surface area contributed by atoms with Crippen molar-refractivity contribution in [2.45, 2.75) is 6.92 Å².